The van der Waals surface area contributed by atoms with Gasteiger partial charge in [-0.2, -0.15) is 4.99 Å². The van der Waals surface area contributed by atoms with Crippen molar-refractivity contribution in [2.75, 3.05) is 6.61 Å². The predicted octanol–water partition coefficient (Wildman–Crippen LogP) is 4.12. The number of carbonyl (C=O) groups excluding carboxylic acids is 1. The molecule has 170 valence electrons. The van der Waals surface area contributed by atoms with Crippen LogP contribution in [0.4, 0.5) is 0 Å². The molecule has 6 nitrogen and oxygen atoms in total. The number of amides is 1. The fraction of sp³-hybridized carbons (Fsp3) is 0.600. The minimum atomic E-state index is -0.991. The van der Waals surface area contributed by atoms with E-state index in [1.54, 1.807) is 26.0 Å². The molecule has 2 aromatic rings. The van der Waals surface area contributed by atoms with Crippen LogP contribution in [-0.2, 0) is 19.0 Å². The van der Waals surface area contributed by atoms with Gasteiger partial charge in [-0.15, -0.1) is 0 Å². The van der Waals surface area contributed by atoms with Gasteiger partial charge in [0.2, 0.25) is 0 Å². The average Bonchev–Trinajstić information content (AvgIpc) is 2.92. The predicted molar refractivity (Wildman–Crippen MR) is 122 cm³/mol. The van der Waals surface area contributed by atoms with Crippen molar-refractivity contribution in [3.05, 3.63) is 46.6 Å². The zero-order valence-corrected chi connectivity index (χ0v) is 20.0. The molecule has 1 heterocycles. The molecule has 31 heavy (non-hydrogen) atoms. The van der Waals surface area contributed by atoms with Crippen LogP contribution < -0.4 is 10.2 Å². The van der Waals surface area contributed by atoms with Crippen molar-refractivity contribution in [1.82, 2.24) is 9.36 Å². The number of benzene rings is 1. The topological polar surface area (TPSA) is 68.8 Å². The Hall–Kier alpha value is -2.34. The van der Waals surface area contributed by atoms with E-state index in [4.69, 9.17) is 4.74 Å². The average molecular weight is 428 g/mol. The number of aromatic nitrogens is 2. The summed E-state index contributed by atoms with van der Waals surface area (Å²) in [6, 6.07) is 7.50. The summed E-state index contributed by atoms with van der Waals surface area (Å²) in [5.74, 6) is 0.752. The Balaban J connectivity index is 2.03. The summed E-state index contributed by atoms with van der Waals surface area (Å²) in [6.45, 7) is 12.8. The quantitative estimate of drug-likeness (QED) is 0.754. The first-order valence-electron chi connectivity index (χ1n) is 11.2. The van der Waals surface area contributed by atoms with Crippen LogP contribution in [0.3, 0.4) is 0 Å². The molecule has 1 N–H and O–H groups in total. The number of hydrogen-bond acceptors (Lipinski definition) is 3. The van der Waals surface area contributed by atoms with E-state index in [1.807, 2.05) is 26.1 Å². The van der Waals surface area contributed by atoms with E-state index in [2.05, 4.69) is 35.1 Å². The first-order chi connectivity index (χ1) is 14.3. The van der Waals surface area contributed by atoms with Crippen molar-refractivity contribution < 1.29 is 14.6 Å². The van der Waals surface area contributed by atoms with E-state index in [0.29, 0.717) is 22.7 Å². The van der Waals surface area contributed by atoms with Crippen LogP contribution in [-0.4, -0.2) is 32.6 Å². The van der Waals surface area contributed by atoms with Gasteiger partial charge in [-0.25, -0.2) is 0 Å². The number of rotatable bonds is 6. The number of ether oxygens (including phenoxy) is 1. The van der Waals surface area contributed by atoms with Gasteiger partial charge in [-0.3, -0.25) is 14.2 Å². The summed E-state index contributed by atoms with van der Waals surface area (Å²) in [7, 11) is 2.05. The molecule has 0 bridgehead atoms. The molecule has 1 aliphatic carbocycles. The minimum absolute atomic E-state index is 0.0583. The highest BCUT2D eigenvalue weighted by molar-refractivity contribution is 5.97. The molecule has 0 radical (unpaired) electrons. The lowest BCUT2D eigenvalue weighted by Gasteiger charge is -2.27. The smallest absolute Gasteiger partial charge is 0.282 e. The summed E-state index contributed by atoms with van der Waals surface area (Å²) in [5, 5.41) is 10.0. The van der Waals surface area contributed by atoms with Crippen molar-refractivity contribution >= 4 is 5.91 Å². The summed E-state index contributed by atoms with van der Waals surface area (Å²) < 4.78 is 10.1. The molecule has 0 aliphatic heterocycles. The summed E-state index contributed by atoms with van der Waals surface area (Å²) in [5.41, 5.74) is 2.15. The van der Waals surface area contributed by atoms with Crippen LogP contribution in [0.2, 0.25) is 0 Å². The van der Waals surface area contributed by atoms with E-state index < -0.39 is 5.60 Å². The molecule has 0 unspecified atom stereocenters. The maximum atomic E-state index is 13.3. The van der Waals surface area contributed by atoms with E-state index in [9.17, 15) is 9.90 Å². The van der Waals surface area contributed by atoms with Gasteiger partial charge >= 0.3 is 0 Å². The Kier molecular flexibility index (Phi) is 6.51. The van der Waals surface area contributed by atoms with Crippen LogP contribution in [0.5, 0.6) is 5.75 Å². The second-order valence-electron chi connectivity index (χ2n) is 10.6. The number of carbonyl (C=O) groups is 1. The lowest BCUT2D eigenvalue weighted by atomic mass is 9.85. The molecule has 6 heteroatoms. The monoisotopic (exact) mass is 427 g/mol. The Morgan fingerprint density at radius 3 is 2.42 bits per heavy atom. The summed E-state index contributed by atoms with van der Waals surface area (Å²) >= 11 is 0. The van der Waals surface area contributed by atoms with E-state index in [-0.39, 0.29) is 17.9 Å². The largest absolute Gasteiger partial charge is 0.490 e. The van der Waals surface area contributed by atoms with E-state index in [1.165, 1.54) is 19.3 Å². The molecule has 3 rings (SSSR count). The lowest BCUT2D eigenvalue weighted by molar-refractivity contribution is 0.0281. The molecule has 1 fully saturated rings. The third-order valence-electron chi connectivity index (χ3n) is 5.83. The van der Waals surface area contributed by atoms with Crippen LogP contribution in [0.1, 0.15) is 75.5 Å². The molecule has 0 saturated heterocycles. The second-order valence-corrected chi connectivity index (χ2v) is 10.6. The van der Waals surface area contributed by atoms with Gasteiger partial charge in [0.1, 0.15) is 12.4 Å². The fourth-order valence-electron chi connectivity index (χ4n) is 3.86. The highest BCUT2D eigenvalue weighted by Crippen LogP contribution is 2.28. The van der Waals surface area contributed by atoms with Gasteiger partial charge in [-0.05, 0) is 51.7 Å². The zero-order chi connectivity index (χ0) is 23.0. The third-order valence-corrected chi connectivity index (χ3v) is 5.83. The van der Waals surface area contributed by atoms with Crippen LogP contribution >= 0.6 is 0 Å². The molecule has 1 aromatic carbocycles. The van der Waals surface area contributed by atoms with E-state index >= 15 is 0 Å². The van der Waals surface area contributed by atoms with Gasteiger partial charge in [0.15, 0.2) is 5.49 Å². The molecule has 0 spiro atoms. The van der Waals surface area contributed by atoms with Crippen molar-refractivity contribution in [2.45, 2.75) is 78.4 Å². The number of aryl methyl sites for hydroxylation is 1. The SMILES string of the molecule is Cc1ccc(OCC(C)(C)O)c(C(=O)N=c2cc(C(C)(C)C)n(C)n2CC2CCC2)c1. The maximum absolute atomic E-state index is 13.3. The Bertz CT molecular complexity index is 1010. The Morgan fingerprint density at radius 2 is 1.87 bits per heavy atom. The standard InChI is InChI=1S/C25H37N3O3/c1-17-11-12-20(31-16-25(5,6)30)19(13-17)23(29)26-22-14-21(24(2,3)4)27(7)28(22)15-18-9-8-10-18/h11-14,18,30H,8-10,15-16H2,1-7H3. The minimum Gasteiger partial charge on any atom is -0.490 e. The van der Waals surface area contributed by atoms with Gasteiger partial charge < -0.3 is 9.84 Å². The van der Waals surface area contributed by atoms with Crippen molar-refractivity contribution in [2.24, 2.45) is 18.0 Å². The first-order valence-corrected chi connectivity index (χ1v) is 11.2. The van der Waals surface area contributed by atoms with Gasteiger partial charge in [0, 0.05) is 30.8 Å². The van der Waals surface area contributed by atoms with Crippen LogP contribution in [0.25, 0.3) is 0 Å². The van der Waals surface area contributed by atoms with Crippen LogP contribution in [0, 0.1) is 12.8 Å². The molecular weight excluding hydrogens is 390 g/mol. The molecular formula is C25H37N3O3. The molecule has 0 atom stereocenters. The molecule has 1 saturated carbocycles. The van der Waals surface area contributed by atoms with Crippen molar-refractivity contribution in [3.8, 4) is 5.75 Å². The van der Waals surface area contributed by atoms with Crippen molar-refractivity contribution in [1.29, 1.82) is 0 Å². The molecule has 1 aliphatic rings. The first kappa shape index (κ1) is 23.3. The zero-order valence-electron chi connectivity index (χ0n) is 20.0. The Morgan fingerprint density at radius 1 is 1.19 bits per heavy atom. The second kappa shape index (κ2) is 8.65. The highest BCUT2D eigenvalue weighted by Gasteiger charge is 2.24. The molecule has 1 amide bonds. The summed E-state index contributed by atoms with van der Waals surface area (Å²) in [6.07, 6.45) is 3.73. The van der Waals surface area contributed by atoms with Crippen LogP contribution in [0.15, 0.2) is 29.3 Å². The number of nitrogens with zero attached hydrogens (tertiary/aromatic N) is 3. The fourth-order valence-corrected chi connectivity index (χ4v) is 3.86. The maximum Gasteiger partial charge on any atom is 0.282 e. The number of aliphatic hydroxyl groups is 1. The van der Waals surface area contributed by atoms with Crippen molar-refractivity contribution in [3.63, 3.8) is 0 Å². The normalized spacial score (nSPS) is 15.8. The lowest BCUT2D eigenvalue weighted by Crippen LogP contribution is -2.31. The van der Waals surface area contributed by atoms with E-state index in [0.717, 1.165) is 17.8 Å². The van der Waals surface area contributed by atoms with Gasteiger partial charge in [-0.1, -0.05) is 38.8 Å². The number of hydrogen-bond donors (Lipinski definition) is 1. The Labute approximate surface area is 185 Å². The van der Waals surface area contributed by atoms with Gasteiger partial charge in [0.05, 0.1) is 11.2 Å². The highest BCUT2D eigenvalue weighted by atomic mass is 16.5. The molecule has 1 aromatic heterocycles. The third kappa shape index (κ3) is 5.67. The summed E-state index contributed by atoms with van der Waals surface area (Å²) in [4.78, 5) is 17.8. The van der Waals surface area contributed by atoms with Gasteiger partial charge in [0.25, 0.3) is 5.91 Å².